The van der Waals surface area contributed by atoms with Gasteiger partial charge in [0.15, 0.2) is 0 Å². The Kier molecular flexibility index (Phi) is 7.92. The molecule has 0 atom stereocenters. The Morgan fingerprint density at radius 1 is 0.800 bits per heavy atom. The number of ether oxygens (including phenoxy) is 5. The molecular formula is C21H24N2O7. The normalized spacial score (nSPS) is 10.3. The number of rotatable bonds is 8. The summed E-state index contributed by atoms with van der Waals surface area (Å²) in [5, 5.41) is 5.24. The van der Waals surface area contributed by atoms with E-state index in [0.717, 1.165) is 0 Å². The van der Waals surface area contributed by atoms with E-state index in [1.54, 1.807) is 36.4 Å². The molecule has 0 aliphatic carbocycles. The van der Waals surface area contributed by atoms with Crippen molar-refractivity contribution >= 4 is 29.5 Å². The van der Waals surface area contributed by atoms with E-state index >= 15 is 0 Å². The van der Waals surface area contributed by atoms with E-state index in [0.29, 0.717) is 39.9 Å². The molecule has 2 aromatic carbocycles. The first-order valence-corrected chi connectivity index (χ1v) is 8.77. The zero-order valence-corrected chi connectivity index (χ0v) is 17.4. The van der Waals surface area contributed by atoms with Crippen LogP contribution in [0.15, 0.2) is 36.4 Å². The summed E-state index contributed by atoms with van der Waals surface area (Å²) in [4.78, 5) is 23.9. The molecule has 0 aromatic heterocycles. The maximum absolute atomic E-state index is 12.4. The smallest absolute Gasteiger partial charge is 0.411 e. The average molecular weight is 416 g/mol. The minimum Gasteiger partial charge on any atom is -0.496 e. The van der Waals surface area contributed by atoms with Crippen LogP contribution in [-0.4, -0.2) is 47.5 Å². The highest BCUT2D eigenvalue weighted by Gasteiger charge is 2.12. The van der Waals surface area contributed by atoms with Crippen molar-refractivity contribution in [1.82, 2.24) is 0 Å². The van der Waals surface area contributed by atoms with Gasteiger partial charge in [-0.3, -0.25) is 10.1 Å². The Balaban J connectivity index is 2.22. The van der Waals surface area contributed by atoms with Crippen molar-refractivity contribution in [3.05, 3.63) is 42.0 Å². The van der Waals surface area contributed by atoms with Crippen LogP contribution in [0, 0.1) is 0 Å². The van der Waals surface area contributed by atoms with Crippen molar-refractivity contribution in [2.24, 2.45) is 0 Å². The van der Waals surface area contributed by atoms with Crippen molar-refractivity contribution in [3.63, 3.8) is 0 Å². The second kappa shape index (κ2) is 10.6. The Bertz CT molecular complexity index is 916. The molecule has 0 aliphatic heterocycles. The zero-order chi connectivity index (χ0) is 22.1. The minimum absolute atomic E-state index is 0.352. The zero-order valence-electron chi connectivity index (χ0n) is 17.4. The molecule has 0 heterocycles. The van der Waals surface area contributed by atoms with Crippen molar-refractivity contribution in [2.75, 3.05) is 46.2 Å². The predicted molar refractivity (Wildman–Crippen MR) is 113 cm³/mol. The number of nitrogens with one attached hydrogen (secondary N) is 2. The first-order chi connectivity index (χ1) is 14.4. The van der Waals surface area contributed by atoms with E-state index in [1.165, 1.54) is 41.6 Å². The van der Waals surface area contributed by atoms with E-state index in [-0.39, 0.29) is 0 Å². The Hall–Kier alpha value is -3.88. The van der Waals surface area contributed by atoms with Crippen molar-refractivity contribution in [3.8, 4) is 23.0 Å². The Morgan fingerprint density at radius 2 is 1.43 bits per heavy atom. The largest absolute Gasteiger partial charge is 0.496 e. The van der Waals surface area contributed by atoms with Crippen LogP contribution in [0.4, 0.5) is 16.2 Å². The first-order valence-electron chi connectivity index (χ1n) is 8.77. The van der Waals surface area contributed by atoms with Crippen LogP contribution < -0.4 is 29.6 Å². The summed E-state index contributed by atoms with van der Waals surface area (Å²) in [5.41, 5.74) is 1.38. The first kappa shape index (κ1) is 22.4. The highest BCUT2D eigenvalue weighted by Crippen LogP contribution is 2.35. The number of amides is 2. The SMILES string of the molecule is COC(=O)Nc1cc(NC(=O)C=Cc2c(OC)cc(OC)cc2OC)ccc1OC. The second-order valence-corrected chi connectivity index (χ2v) is 5.80. The van der Waals surface area contributed by atoms with Gasteiger partial charge in [0, 0.05) is 23.9 Å². The van der Waals surface area contributed by atoms with Gasteiger partial charge in [0.05, 0.1) is 46.8 Å². The molecule has 0 saturated heterocycles. The minimum atomic E-state index is -0.657. The monoisotopic (exact) mass is 416 g/mol. The number of anilines is 2. The highest BCUT2D eigenvalue weighted by atomic mass is 16.5. The Morgan fingerprint density at radius 3 is 1.97 bits per heavy atom. The molecule has 0 unspecified atom stereocenters. The molecule has 2 rings (SSSR count). The number of benzene rings is 2. The molecule has 0 fully saturated rings. The topological polar surface area (TPSA) is 104 Å². The molecule has 2 N–H and O–H groups in total. The van der Waals surface area contributed by atoms with Gasteiger partial charge in [-0.25, -0.2) is 4.79 Å². The van der Waals surface area contributed by atoms with Gasteiger partial charge in [0.2, 0.25) is 5.91 Å². The lowest BCUT2D eigenvalue weighted by molar-refractivity contribution is -0.111. The molecular weight excluding hydrogens is 392 g/mol. The van der Waals surface area contributed by atoms with Crippen LogP contribution in [0.5, 0.6) is 23.0 Å². The maximum Gasteiger partial charge on any atom is 0.411 e. The Labute approximate surface area is 174 Å². The number of methoxy groups -OCH3 is 5. The summed E-state index contributed by atoms with van der Waals surface area (Å²) >= 11 is 0. The fraction of sp³-hybridized carbons (Fsp3) is 0.238. The van der Waals surface area contributed by atoms with Crippen LogP contribution >= 0.6 is 0 Å². The lowest BCUT2D eigenvalue weighted by Crippen LogP contribution is -2.13. The molecule has 2 aromatic rings. The fourth-order valence-electron chi connectivity index (χ4n) is 2.58. The summed E-state index contributed by atoms with van der Waals surface area (Å²) in [7, 11) is 7.28. The average Bonchev–Trinajstić information content (AvgIpc) is 2.77. The molecule has 160 valence electrons. The quantitative estimate of drug-likeness (QED) is 0.634. The van der Waals surface area contributed by atoms with E-state index in [2.05, 4.69) is 15.4 Å². The fourth-order valence-corrected chi connectivity index (χ4v) is 2.58. The summed E-state index contributed by atoms with van der Waals surface area (Å²) in [6.07, 6.45) is 2.25. The van der Waals surface area contributed by atoms with E-state index in [1.807, 2.05) is 0 Å². The third-order valence-corrected chi connectivity index (χ3v) is 4.04. The van der Waals surface area contributed by atoms with Gasteiger partial charge in [-0.2, -0.15) is 0 Å². The summed E-state index contributed by atoms with van der Waals surface area (Å²) in [6.45, 7) is 0. The van der Waals surface area contributed by atoms with E-state index in [9.17, 15) is 9.59 Å². The summed E-state index contributed by atoms with van der Waals surface area (Å²) < 4.78 is 25.7. The summed E-state index contributed by atoms with van der Waals surface area (Å²) in [5.74, 6) is 1.56. The van der Waals surface area contributed by atoms with Crippen molar-refractivity contribution in [1.29, 1.82) is 0 Å². The van der Waals surface area contributed by atoms with Gasteiger partial charge in [-0.05, 0) is 24.3 Å². The van der Waals surface area contributed by atoms with Crippen LogP contribution in [0.25, 0.3) is 6.08 Å². The van der Waals surface area contributed by atoms with Crippen molar-refractivity contribution < 1.29 is 33.3 Å². The van der Waals surface area contributed by atoms with Gasteiger partial charge in [0.25, 0.3) is 0 Å². The molecule has 0 radical (unpaired) electrons. The number of carbonyl (C=O) groups excluding carboxylic acids is 2. The van der Waals surface area contributed by atoms with Crippen LogP contribution in [0.2, 0.25) is 0 Å². The third kappa shape index (κ3) is 5.57. The summed E-state index contributed by atoms with van der Waals surface area (Å²) in [6, 6.07) is 8.18. The van der Waals surface area contributed by atoms with Gasteiger partial charge in [-0.1, -0.05) is 0 Å². The standard InChI is InChI=1S/C21H24N2O7/c1-26-14-11-18(28-3)15(19(12-14)29-4)7-9-20(24)22-13-6-8-17(27-2)16(10-13)23-21(25)30-5/h6-12H,1-5H3,(H,22,24)(H,23,25). The van der Waals surface area contributed by atoms with Crippen LogP contribution in [-0.2, 0) is 9.53 Å². The molecule has 0 bridgehead atoms. The second-order valence-electron chi connectivity index (χ2n) is 5.80. The number of hydrogen-bond acceptors (Lipinski definition) is 7. The molecule has 0 saturated carbocycles. The van der Waals surface area contributed by atoms with E-state index < -0.39 is 12.0 Å². The molecule has 9 nitrogen and oxygen atoms in total. The molecule has 9 heteroatoms. The number of carbonyl (C=O) groups is 2. The lowest BCUT2D eigenvalue weighted by atomic mass is 10.1. The highest BCUT2D eigenvalue weighted by molar-refractivity contribution is 6.03. The van der Waals surface area contributed by atoms with Gasteiger partial charge in [0.1, 0.15) is 23.0 Å². The number of hydrogen-bond donors (Lipinski definition) is 2. The van der Waals surface area contributed by atoms with Gasteiger partial charge < -0.3 is 29.0 Å². The molecule has 30 heavy (non-hydrogen) atoms. The maximum atomic E-state index is 12.4. The van der Waals surface area contributed by atoms with Crippen molar-refractivity contribution in [2.45, 2.75) is 0 Å². The van der Waals surface area contributed by atoms with Crippen LogP contribution in [0.1, 0.15) is 5.56 Å². The molecule has 0 spiro atoms. The third-order valence-electron chi connectivity index (χ3n) is 4.04. The van der Waals surface area contributed by atoms with E-state index in [4.69, 9.17) is 18.9 Å². The molecule has 0 aliphatic rings. The van der Waals surface area contributed by atoms with Gasteiger partial charge in [-0.15, -0.1) is 0 Å². The van der Waals surface area contributed by atoms with Gasteiger partial charge >= 0.3 is 6.09 Å². The predicted octanol–water partition coefficient (Wildman–Crippen LogP) is 3.55. The lowest BCUT2D eigenvalue weighted by Gasteiger charge is -2.13. The molecule has 2 amide bonds. The van der Waals surface area contributed by atoms with Crippen LogP contribution in [0.3, 0.4) is 0 Å².